The van der Waals surface area contributed by atoms with E-state index in [4.69, 9.17) is 0 Å². The van der Waals surface area contributed by atoms with Crippen molar-refractivity contribution < 1.29 is 19.2 Å². The van der Waals surface area contributed by atoms with Crippen molar-refractivity contribution in [2.45, 2.75) is 6.92 Å². The van der Waals surface area contributed by atoms with Gasteiger partial charge in [-0.25, -0.2) is 4.79 Å². The van der Waals surface area contributed by atoms with E-state index >= 15 is 0 Å². The third-order valence-electron chi connectivity index (χ3n) is 2.40. The molecule has 0 spiro atoms. The lowest BCUT2D eigenvalue weighted by Gasteiger charge is -2.07. The highest BCUT2D eigenvalue weighted by atomic mass is 16.6. The third kappa shape index (κ3) is 2.79. The van der Waals surface area contributed by atoms with Crippen LogP contribution in [0.15, 0.2) is 18.2 Å². The molecule has 18 heavy (non-hydrogen) atoms. The first kappa shape index (κ1) is 13.6. The number of nitrogens with zero attached hydrogens (tertiary/aromatic N) is 1. The normalized spacial score (nSPS) is 10.3. The van der Waals surface area contributed by atoms with Crippen LogP contribution in [0.2, 0.25) is 0 Å². The first-order valence-corrected chi connectivity index (χ1v) is 5.00. The van der Waals surface area contributed by atoms with Crippen LogP contribution in [0.3, 0.4) is 0 Å². The van der Waals surface area contributed by atoms with E-state index < -0.39 is 10.9 Å². The second kappa shape index (κ2) is 5.72. The molecule has 0 radical (unpaired) electrons. The van der Waals surface area contributed by atoms with E-state index in [1.165, 1.54) is 25.3 Å². The van der Waals surface area contributed by atoms with Gasteiger partial charge in [0.2, 0.25) is 0 Å². The lowest BCUT2D eigenvalue weighted by Crippen LogP contribution is -2.06. The zero-order valence-corrected chi connectivity index (χ0v) is 9.88. The number of benzene rings is 1. The summed E-state index contributed by atoms with van der Waals surface area (Å²) in [5.74, 6) is -0.656. The number of carbonyl (C=O) groups excluding carboxylic acids is 2. The summed E-state index contributed by atoms with van der Waals surface area (Å²) in [6.45, 7) is 1.63. The van der Waals surface area contributed by atoms with Gasteiger partial charge in [0.25, 0.3) is 5.69 Å². The summed E-state index contributed by atoms with van der Waals surface area (Å²) in [5, 5.41) is 10.8. The molecular formula is C12H11NO5. The molecule has 94 valence electrons. The molecule has 0 saturated heterocycles. The van der Waals surface area contributed by atoms with Crippen LogP contribution in [0.4, 0.5) is 5.69 Å². The van der Waals surface area contributed by atoms with Crippen molar-refractivity contribution >= 4 is 24.0 Å². The van der Waals surface area contributed by atoms with Crippen LogP contribution < -0.4 is 0 Å². The van der Waals surface area contributed by atoms with Gasteiger partial charge in [-0.1, -0.05) is 6.08 Å². The highest BCUT2D eigenvalue weighted by Crippen LogP contribution is 2.23. The van der Waals surface area contributed by atoms with Crippen molar-refractivity contribution in [3.05, 3.63) is 45.0 Å². The van der Waals surface area contributed by atoms with E-state index in [-0.39, 0.29) is 11.3 Å². The van der Waals surface area contributed by atoms with Gasteiger partial charge in [-0.3, -0.25) is 14.9 Å². The number of esters is 1. The van der Waals surface area contributed by atoms with E-state index in [2.05, 4.69) is 4.74 Å². The van der Waals surface area contributed by atoms with Crippen LogP contribution in [0, 0.1) is 17.0 Å². The number of hydrogen-bond acceptors (Lipinski definition) is 5. The van der Waals surface area contributed by atoms with E-state index in [1.807, 2.05) is 0 Å². The van der Waals surface area contributed by atoms with Crippen molar-refractivity contribution in [3.63, 3.8) is 0 Å². The fourth-order valence-electron chi connectivity index (χ4n) is 1.46. The largest absolute Gasteiger partial charge is 0.465 e. The van der Waals surface area contributed by atoms with Gasteiger partial charge >= 0.3 is 5.97 Å². The van der Waals surface area contributed by atoms with E-state index in [1.54, 1.807) is 6.92 Å². The number of allylic oxidation sites excluding steroid dienone is 1. The number of rotatable bonds is 4. The Labute approximate surface area is 103 Å². The van der Waals surface area contributed by atoms with E-state index in [0.717, 1.165) is 6.07 Å². The third-order valence-corrected chi connectivity index (χ3v) is 2.40. The standard InChI is InChI=1S/C12H11NO5/c1-8-9(4-3-5-14)6-10(13(16)17)7-11(8)12(15)18-2/h3-7H,1-2H3. The molecule has 0 aliphatic heterocycles. The lowest BCUT2D eigenvalue weighted by atomic mass is 10.0. The molecular weight excluding hydrogens is 238 g/mol. The molecule has 0 aromatic heterocycles. The Balaban J connectivity index is 3.46. The molecule has 0 bridgehead atoms. The Morgan fingerprint density at radius 1 is 1.44 bits per heavy atom. The minimum atomic E-state index is -0.656. The van der Waals surface area contributed by atoms with Crippen molar-refractivity contribution in [1.82, 2.24) is 0 Å². The molecule has 0 aliphatic rings. The number of ether oxygens (including phenoxy) is 1. The average Bonchev–Trinajstić information content (AvgIpc) is 2.36. The number of hydrogen-bond donors (Lipinski definition) is 0. The number of nitro benzene ring substituents is 1. The fraction of sp³-hybridized carbons (Fsp3) is 0.167. The zero-order valence-electron chi connectivity index (χ0n) is 9.88. The molecule has 0 amide bonds. The molecule has 0 unspecified atom stereocenters. The summed E-state index contributed by atoms with van der Waals surface area (Å²) in [7, 11) is 1.20. The summed E-state index contributed by atoms with van der Waals surface area (Å²) >= 11 is 0. The zero-order chi connectivity index (χ0) is 13.7. The second-order valence-electron chi connectivity index (χ2n) is 3.45. The van der Waals surface area contributed by atoms with Gasteiger partial charge in [-0.2, -0.15) is 0 Å². The maximum Gasteiger partial charge on any atom is 0.338 e. The molecule has 0 aliphatic carbocycles. The number of nitro groups is 1. The number of methoxy groups -OCH3 is 1. The van der Waals surface area contributed by atoms with Crippen molar-refractivity contribution in [2.75, 3.05) is 7.11 Å². The lowest BCUT2D eigenvalue weighted by molar-refractivity contribution is -0.384. The summed E-state index contributed by atoms with van der Waals surface area (Å²) in [4.78, 5) is 31.9. The quantitative estimate of drug-likeness (QED) is 0.267. The maximum atomic E-state index is 11.5. The molecule has 0 saturated carbocycles. The van der Waals surface area contributed by atoms with Crippen LogP contribution in [0.25, 0.3) is 6.08 Å². The van der Waals surface area contributed by atoms with E-state index in [9.17, 15) is 19.7 Å². The SMILES string of the molecule is COC(=O)c1cc([N+](=O)[O-])cc(C=CC=O)c1C. The summed E-state index contributed by atoms with van der Waals surface area (Å²) in [6.07, 6.45) is 3.16. The van der Waals surface area contributed by atoms with Crippen LogP contribution in [-0.4, -0.2) is 24.3 Å². The van der Waals surface area contributed by atoms with Gasteiger partial charge in [-0.15, -0.1) is 0 Å². The molecule has 6 heteroatoms. The Kier molecular flexibility index (Phi) is 4.31. The van der Waals surface area contributed by atoms with Crippen molar-refractivity contribution in [1.29, 1.82) is 0 Å². The maximum absolute atomic E-state index is 11.5. The average molecular weight is 249 g/mol. The first-order chi connectivity index (χ1) is 8.51. The van der Waals surface area contributed by atoms with Gasteiger partial charge in [0.05, 0.1) is 17.6 Å². The van der Waals surface area contributed by atoms with Crippen LogP contribution in [0.5, 0.6) is 0 Å². The summed E-state index contributed by atoms with van der Waals surface area (Å²) in [5.41, 5.74) is 0.825. The minimum Gasteiger partial charge on any atom is -0.465 e. The van der Waals surface area contributed by atoms with Gasteiger partial charge in [-0.05, 0) is 24.1 Å². The van der Waals surface area contributed by atoms with Gasteiger partial charge in [0, 0.05) is 12.1 Å². The predicted molar refractivity (Wildman–Crippen MR) is 64.3 cm³/mol. The second-order valence-corrected chi connectivity index (χ2v) is 3.45. The predicted octanol–water partition coefficient (Wildman–Crippen LogP) is 1.90. The van der Waals surface area contributed by atoms with Crippen LogP contribution in [-0.2, 0) is 9.53 Å². The first-order valence-electron chi connectivity index (χ1n) is 5.00. The molecule has 1 aromatic rings. The van der Waals surface area contributed by atoms with Crippen LogP contribution in [0.1, 0.15) is 21.5 Å². The molecule has 0 N–H and O–H groups in total. The van der Waals surface area contributed by atoms with E-state index in [0.29, 0.717) is 17.4 Å². The van der Waals surface area contributed by atoms with Gasteiger partial charge < -0.3 is 4.74 Å². The minimum absolute atomic E-state index is 0.109. The van der Waals surface area contributed by atoms with Crippen molar-refractivity contribution in [2.24, 2.45) is 0 Å². The molecule has 0 fully saturated rings. The number of carbonyl (C=O) groups is 2. The highest BCUT2D eigenvalue weighted by molar-refractivity contribution is 5.93. The topological polar surface area (TPSA) is 86.5 Å². The fourth-order valence-corrected chi connectivity index (χ4v) is 1.46. The Morgan fingerprint density at radius 2 is 2.11 bits per heavy atom. The smallest absolute Gasteiger partial charge is 0.338 e. The molecule has 1 aromatic carbocycles. The Morgan fingerprint density at radius 3 is 2.61 bits per heavy atom. The summed E-state index contributed by atoms with van der Waals surface area (Å²) < 4.78 is 4.56. The van der Waals surface area contributed by atoms with Crippen molar-refractivity contribution in [3.8, 4) is 0 Å². The van der Waals surface area contributed by atoms with Crippen LogP contribution >= 0.6 is 0 Å². The highest BCUT2D eigenvalue weighted by Gasteiger charge is 2.17. The Bertz CT molecular complexity index is 534. The molecule has 0 atom stereocenters. The monoisotopic (exact) mass is 249 g/mol. The summed E-state index contributed by atoms with van der Waals surface area (Å²) in [6, 6.07) is 2.45. The molecule has 0 heterocycles. The molecule has 6 nitrogen and oxygen atoms in total. The Hall–Kier alpha value is -2.50. The number of aldehydes is 1. The van der Waals surface area contributed by atoms with Gasteiger partial charge in [0.1, 0.15) is 6.29 Å². The van der Waals surface area contributed by atoms with Gasteiger partial charge in [0.15, 0.2) is 0 Å². The number of non-ortho nitro benzene ring substituents is 1. The molecule has 1 rings (SSSR count).